The molecule has 0 bridgehead atoms. The standard InChI is InChI=1S/C29H35N3O2/c1-28-15-13-22-19(9-12-24-29(22,2)16-14-25(33)32(24)3)21(28)10-11-23(28)31-27(34)20-8-4-6-18-7-5-17-30-26(18)20/h4-8,14,16-17,19,21-24H,9-13,15H2,1-3H3,(H,31,34)/t19-,21-,22-,23-,24+,28-,29+/m0/s1. The highest BCUT2D eigenvalue weighted by Crippen LogP contribution is 2.63. The SMILES string of the molecule is CN1C(=O)C=C[C@]2(C)[C@H]3CC[C@]4(C)[C@@H](NC(=O)c5cccc6cccnc56)CC[C@H]4[C@@H]3CC[C@@H]12. The van der Waals surface area contributed by atoms with Crippen molar-refractivity contribution in [2.45, 2.75) is 64.5 Å². The first-order valence-corrected chi connectivity index (χ1v) is 12.9. The molecule has 2 heterocycles. The molecule has 1 aromatic carbocycles. The lowest BCUT2D eigenvalue weighted by atomic mass is 9.48. The zero-order valence-electron chi connectivity index (χ0n) is 20.5. The van der Waals surface area contributed by atoms with E-state index in [-0.39, 0.29) is 28.7 Å². The zero-order chi connectivity index (χ0) is 23.7. The van der Waals surface area contributed by atoms with Crippen LogP contribution in [0.5, 0.6) is 0 Å². The fourth-order valence-corrected chi connectivity index (χ4v) is 8.50. The van der Waals surface area contributed by atoms with Crippen molar-refractivity contribution in [1.29, 1.82) is 0 Å². The van der Waals surface area contributed by atoms with Gasteiger partial charge in [-0.25, -0.2) is 0 Å². The van der Waals surface area contributed by atoms with Crippen molar-refractivity contribution in [3.8, 4) is 0 Å². The summed E-state index contributed by atoms with van der Waals surface area (Å²) in [5.41, 5.74) is 1.63. The van der Waals surface area contributed by atoms with Gasteiger partial charge in [0.25, 0.3) is 5.91 Å². The number of hydrogen-bond donors (Lipinski definition) is 1. The van der Waals surface area contributed by atoms with E-state index < -0.39 is 0 Å². The van der Waals surface area contributed by atoms with Crippen molar-refractivity contribution in [1.82, 2.24) is 15.2 Å². The van der Waals surface area contributed by atoms with Gasteiger partial charge in [-0.3, -0.25) is 14.6 Å². The summed E-state index contributed by atoms with van der Waals surface area (Å²) in [6.07, 6.45) is 12.6. The summed E-state index contributed by atoms with van der Waals surface area (Å²) in [5.74, 6) is 2.04. The van der Waals surface area contributed by atoms with Crippen LogP contribution < -0.4 is 5.32 Å². The molecule has 178 valence electrons. The largest absolute Gasteiger partial charge is 0.349 e. The van der Waals surface area contributed by atoms with Crippen LogP contribution >= 0.6 is 0 Å². The number of benzene rings is 1. The van der Waals surface area contributed by atoms with Crippen molar-refractivity contribution in [3.63, 3.8) is 0 Å². The van der Waals surface area contributed by atoms with Gasteiger partial charge < -0.3 is 10.2 Å². The van der Waals surface area contributed by atoms with Crippen LogP contribution in [0.15, 0.2) is 48.7 Å². The number of rotatable bonds is 2. The van der Waals surface area contributed by atoms with E-state index in [0.717, 1.165) is 30.2 Å². The Morgan fingerprint density at radius 3 is 2.74 bits per heavy atom. The molecule has 0 saturated heterocycles. The molecule has 4 aliphatic rings. The predicted molar refractivity (Wildman–Crippen MR) is 133 cm³/mol. The third kappa shape index (κ3) is 3.01. The Balaban J connectivity index is 1.25. The van der Waals surface area contributed by atoms with E-state index >= 15 is 0 Å². The molecule has 5 nitrogen and oxygen atoms in total. The number of pyridine rings is 1. The lowest BCUT2D eigenvalue weighted by molar-refractivity contribution is -0.138. The van der Waals surface area contributed by atoms with Crippen LogP contribution in [0.4, 0.5) is 0 Å². The van der Waals surface area contributed by atoms with Gasteiger partial charge in [-0.15, -0.1) is 0 Å². The minimum Gasteiger partial charge on any atom is -0.349 e. The summed E-state index contributed by atoms with van der Waals surface area (Å²) in [5, 5.41) is 4.46. The summed E-state index contributed by atoms with van der Waals surface area (Å²) in [7, 11) is 1.98. The van der Waals surface area contributed by atoms with Crippen molar-refractivity contribution in [2.75, 3.05) is 7.05 Å². The van der Waals surface area contributed by atoms with Gasteiger partial charge in [-0.1, -0.05) is 38.1 Å². The maximum absolute atomic E-state index is 13.4. The fourth-order valence-electron chi connectivity index (χ4n) is 8.50. The number of carbonyl (C=O) groups excluding carboxylic acids is 2. The second-order valence-corrected chi connectivity index (χ2v) is 11.6. The zero-order valence-corrected chi connectivity index (χ0v) is 20.5. The minimum atomic E-state index is 0.00400. The second-order valence-electron chi connectivity index (χ2n) is 11.6. The monoisotopic (exact) mass is 457 g/mol. The van der Waals surface area contributed by atoms with Crippen molar-refractivity contribution in [3.05, 3.63) is 54.2 Å². The number of aromatic nitrogens is 1. The number of nitrogens with one attached hydrogen (secondary N) is 1. The smallest absolute Gasteiger partial charge is 0.253 e. The van der Waals surface area contributed by atoms with E-state index in [1.807, 2.05) is 48.4 Å². The first-order valence-electron chi connectivity index (χ1n) is 12.9. The van der Waals surface area contributed by atoms with Crippen molar-refractivity contribution in [2.24, 2.45) is 28.6 Å². The first kappa shape index (κ1) is 21.8. The van der Waals surface area contributed by atoms with Gasteiger partial charge in [0.2, 0.25) is 5.91 Å². The van der Waals surface area contributed by atoms with Crippen molar-refractivity contribution < 1.29 is 9.59 Å². The van der Waals surface area contributed by atoms with Crippen LogP contribution in [-0.4, -0.2) is 40.8 Å². The van der Waals surface area contributed by atoms with Crippen LogP contribution in [-0.2, 0) is 4.79 Å². The average molecular weight is 458 g/mol. The van der Waals surface area contributed by atoms with Crippen LogP contribution in [0.25, 0.3) is 10.9 Å². The van der Waals surface area contributed by atoms with Crippen LogP contribution in [0, 0.1) is 28.6 Å². The van der Waals surface area contributed by atoms with E-state index in [1.165, 1.54) is 19.3 Å². The minimum absolute atomic E-state index is 0.00400. The quantitative estimate of drug-likeness (QED) is 0.692. The summed E-state index contributed by atoms with van der Waals surface area (Å²) in [4.78, 5) is 32.2. The van der Waals surface area contributed by atoms with Crippen LogP contribution in [0.2, 0.25) is 0 Å². The average Bonchev–Trinajstić information content (AvgIpc) is 3.17. The van der Waals surface area contributed by atoms with Gasteiger partial charge in [0.15, 0.2) is 0 Å². The molecule has 2 aromatic rings. The van der Waals surface area contributed by atoms with Gasteiger partial charge >= 0.3 is 0 Å². The number of amides is 2. The summed E-state index contributed by atoms with van der Waals surface area (Å²) >= 11 is 0. The maximum atomic E-state index is 13.4. The van der Waals surface area contributed by atoms with Crippen LogP contribution in [0.3, 0.4) is 0 Å². The van der Waals surface area contributed by atoms with Gasteiger partial charge in [0.1, 0.15) is 0 Å². The van der Waals surface area contributed by atoms with E-state index in [1.54, 1.807) is 6.20 Å². The molecular formula is C29H35N3O2. The predicted octanol–water partition coefficient (Wildman–Crippen LogP) is 4.97. The van der Waals surface area contributed by atoms with Gasteiger partial charge in [0, 0.05) is 36.1 Å². The number of hydrogen-bond acceptors (Lipinski definition) is 3. The van der Waals surface area contributed by atoms with Crippen molar-refractivity contribution >= 4 is 22.7 Å². The number of likely N-dealkylation sites (N-methyl/N-ethyl adjacent to an activating group) is 1. The number of fused-ring (bicyclic) bond motifs is 6. The Morgan fingerprint density at radius 2 is 1.88 bits per heavy atom. The van der Waals surface area contributed by atoms with E-state index in [9.17, 15) is 9.59 Å². The van der Waals surface area contributed by atoms with E-state index in [4.69, 9.17) is 0 Å². The molecule has 3 saturated carbocycles. The summed E-state index contributed by atoms with van der Waals surface area (Å²) in [6.45, 7) is 4.81. The van der Waals surface area contributed by atoms with E-state index in [0.29, 0.717) is 29.4 Å². The molecule has 7 atom stereocenters. The molecule has 0 unspecified atom stereocenters. The molecule has 1 aromatic heterocycles. The Bertz CT molecular complexity index is 1190. The molecule has 5 heteroatoms. The maximum Gasteiger partial charge on any atom is 0.253 e. The highest BCUT2D eigenvalue weighted by Gasteiger charge is 2.60. The Morgan fingerprint density at radius 1 is 1.06 bits per heavy atom. The first-order chi connectivity index (χ1) is 16.3. The Hall–Kier alpha value is -2.69. The summed E-state index contributed by atoms with van der Waals surface area (Å²) in [6, 6.07) is 10.3. The molecule has 2 amide bonds. The lowest BCUT2D eigenvalue weighted by Gasteiger charge is -2.60. The molecule has 1 aliphatic heterocycles. The molecule has 3 fully saturated rings. The highest BCUT2D eigenvalue weighted by atomic mass is 16.2. The van der Waals surface area contributed by atoms with Gasteiger partial charge in [0.05, 0.1) is 11.1 Å². The molecule has 0 spiro atoms. The topological polar surface area (TPSA) is 62.3 Å². The summed E-state index contributed by atoms with van der Waals surface area (Å²) < 4.78 is 0. The molecular weight excluding hydrogens is 422 g/mol. The fraction of sp³-hybridized carbons (Fsp3) is 0.552. The van der Waals surface area contributed by atoms with Gasteiger partial charge in [-0.2, -0.15) is 0 Å². The molecule has 1 N–H and O–H groups in total. The normalized spacial score (nSPS) is 38.9. The molecule has 6 rings (SSSR count). The lowest BCUT2D eigenvalue weighted by Crippen LogP contribution is -2.60. The third-order valence-electron chi connectivity index (χ3n) is 10.3. The molecule has 0 radical (unpaired) electrons. The molecule has 3 aliphatic carbocycles. The second kappa shape index (κ2) is 7.66. The number of carbonyl (C=O) groups is 2. The van der Waals surface area contributed by atoms with E-state index in [2.05, 4.69) is 30.2 Å². The van der Waals surface area contributed by atoms with Gasteiger partial charge in [-0.05, 0) is 79.9 Å². The Labute approximate surface area is 202 Å². The third-order valence-corrected chi connectivity index (χ3v) is 10.3. The van der Waals surface area contributed by atoms with Crippen LogP contribution in [0.1, 0.15) is 62.7 Å². The number of para-hydroxylation sites is 1. The Kier molecular flexibility index (Phi) is 4.91. The number of nitrogens with zero attached hydrogens (tertiary/aromatic N) is 2. The molecule has 34 heavy (non-hydrogen) atoms. The highest BCUT2D eigenvalue weighted by molar-refractivity contribution is 6.05.